The predicted octanol–water partition coefficient (Wildman–Crippen LogP) is 4.90. The van der Waals surface area contributed by atoms with Gasteiger partial charge in [-0.15, -0.1) is 0 Å². The third-order valence-corrected chi connectivity index (χ3v) is 4.44. The molecule has 1 amide bonds. The Labute approximate surface area is 161 Å². The zero-order valence-corrected chi connectivity index (χ0v) is 16.9. The average molecular weight is 361 g/mol. The Morgan fingerprint density at radius 1 is 0.889 bits per heavy atom. The molecule has 0 aliphatic carbocycles. The minimum absolute atomic E-state index is 0.170. The van der Waals surface area contributed by atoms with Crippen LogP contribution in [0.2, 0.25) is 0 Å². The molecule has 2 aromatic carbocycles. The van der Waals surface area contributed by atoms with Crippen molar-refractivity contribution in [1.82, 2.24) is 14.9 Å². The number of carbonyl (C=O) groups is 1. The van der Waals surface area contributed by atoms with Crippen LogP contribution in [0.25, 0.3) is 22.5 Å². The topological polar surface area (TPSA) is 46.9 Å². The van der Waals surface area contributed by atoms with E-state index in [2.05, 4.69) is 67.7 Å². The molecular formula is C23H27N3O. The summed E-state index contributed by atoms with van der Waals surface area (Å²) in [5, 5.41) is 3.02. The van der Waals surface area contributed by atoms with Gasteiger partial charge in [-0.2, -0.15) is 0 Å². The van der Waals surface area contributed by atoms with Crippen LogP contribution in [0.5, 0.6) is 0 Å². The number of nitrogens with one attached hydrogen (secondary N) is 1. The van der Waals surface area contributed by atoms with Crippen molar-refractivity contribution in [2.45, 2.75) is 40.2 Å². The molecule has 1 aromatic heterocycles. The van der Waals surface area contributed by atoms with Gasteiger partial charge in [0.2, 0.25) is 0 Å². The van der Waals surface area contributed by atoms with Crippen molar-refractivity contribution in [1.29, 1.82) is 0 Å². The summed E-state index contributed by atoms with van der Waals surface area (Å²) in [7, 11) is 1.90. The molecule has 0 radical (unpaired) electrons. The van der Waals surface area contributed by atoms with E-state index in [0.29, 0.717) is 5.82 Å². The lowest BCUT2D eigenvalue weighted by atomic mass is 10.0. The van der Waals surface area contributed by atoms with Gasteiger partial charge in [-0.3, -0.25) is 4.79 Å². The first-order chi connectivity index (χ1) is 12.7. The number of benzene rings is 2. The normalized spacial score (nSPS) is 11.5. The summed E-state index contributed by atoms with van der Waals surface area (Å²) in [4.78, 5) is 17.6. The molecule has 0 unspecified atom stereocenters. The molecule has 140 valence electrons. The van der Waals surface area contributed by atoms with Crippen LogP contribution in [-0.2, 0) is 7.05 Å². The van der Waals surface area contributed by atoms with Crippen molar-refractivity contribution < 1.29 is 4.79 Å². The standard InChI is InChI=1S/C23H27N3O/c1-15-7-11-17(12-8-15)19-20(18-13-9-16(2)10-14-18)26(6)21(24-19)22(27)25-23(3,4)5/h7-14H,1-6H3,(H,25,27). The fourth-order valence-electron chi connectivity index (χ4n) is 3.05. The quantitative estimate of drug-likeness (QED) is 0.721. The number of carbonyl (C=O) groups excluding carboxylic acids is 1. The third-order valence-electron chi connectivity index (χ3n) is 4.44. The number of hydrogen-bond donors (Lipinski definition) is 1. The van der Waals surface area contributed by atoms with Gasteiger partial charge in [0.25, 0.3) is 5.91 Å². The van der Waals surface area contributed by atoms with Crippen molar-refractivity contribution in [3.05, 3.63) is 65.5 Å². The number of hydrogen-bond acceptors (Lipinski definition) is 2. The zero-order chi connectivity index (χ0) is 19.8. The fourth-order valence-corrected chi connectivity index (χ4v) is 3.05. The summed E-state index contributed by atoms with van der Waals surface area (Å²) >= 11 is 0. The van der Waals surface area contributed by atoms with Crippen LogP contribution in [0.3, 0.4) is 0 Å². The fraction of sp³-hybridized carbons (Fsp3) is 0.304. The molecule has 0 bridgehead atoms. The molecule has 0 spiro atoms. The maximum Gasteiger partial charge on any atom is 0.287 e. The summed E-state index contributed by atoms with van der Waals surface area (Å²) < 4.78 is 1.89. The molecule has 0 atom stereocenters. The van der Waals surface area contributed by atoms with Crippen molar-refractivity contribution in [3.8, 4) is 22.5 Å². The van der Waals surface area contributed by atoms with E-state index in [1.807, 2.05) is 32.4 Å². The summed E-state index contributed by atoms with van der Waals surface area (Å²) in [6.07, 6.45) is 0. The number of amides is 1. The summed E-state index contributed by atoms with van der Waals surface area (Å²) in [6.45, 7) is 10.0. The van der Waals surface area contributed by atoms with Gasteiger partial charge in [0.15, 0.2) is 5.82 Å². The molecule has 27 heavy (non-hydrogen) atoms. The molecule has 4 heteroatoms. The van der Waals surface area contributed by atoms with E-state index in [1.165, 1.54) is 11.1 Å². The maximum absolute atomic E-state index is 12.8. The second-order valence-electron chi connectivity index (χ2n) is 8.13. The molecule has 1 heterocycles. The Hall–Kier alpha value is -2.88. The lowest BCUT2D eigenvalue weighted by Crippen LogP contribution is -2.41. The highest BCUT2D eigenvalue weighted by Gasteiger charge is 2.24. The minimum atomic E-state index is -0.322. The van der Waals surface area contributed by atoms with Gasteiger partial charge in [0.1, 0.15) is 0 Å². The van der Waals surface area contributed by atoms with Crippen molar-refractivity contribution in [2.75, 3.05) is 0 Å². The van der Waals surface area contributed by atoms with E-state index in [-0.39, 0.29) is 11.4 Å². The van der Waals surface area contributed by atoms with Crippen LogP contribution in [0.4, 0.5) is 0 Å². The van der Waals surface area contributed by atoms with Crippen LogP contribution in [0.15, 0.2) is 48.5 Å². The summed E-state index contributed by atoms with van der Waals surface area (Å²) in [5.74, 6) is 0.243. The van der Waals surface area contributed by atoms with E-state index >= 15 is 0 Å². The highest BCUT2D eigenvalue weighted by molar-refractivity contribution is 5.94. The maximum atomic E-state index is 12.8. The van der Waals surface area contributed by atoms with Gasteiger partial charge in [-0.1, -0.05) is 59.7 Å². The Morgan fingerprint density at radius 3 is 1.85 bits per heavy atom. The predicted molar refractivity (Wildman–Crippen MR) is 111 cm³/mol. The van der Waals surface area contributed by atoms with Crippen LogP contribution in [0.1, 0.15) is 42.5 Å². The Kier molecular flexibility index (Phi) is 4.92. The van der Waals surface area contributed by atoms with Crippen molar-refractivity contribution in [3.63, 3.8) is 0 Å². The number of nitrogens with zero attached hydrogens (tertiary/aromatic N) is 2. The SMILES string of the molecule is Cc1ccc(-c2nc(C(=O)NC(C)(C)C)n(C)c2-c2ccc(C)cc2)cc1. The molecule has 0 fully saturated rings. The first kappa shape index (κ1) is 18.9. The molecule has 4 nitrogen and oxygen atoms in total. The Bertz CT molecular complexity index is 959. The van der Waals surface area contributed by atoms with E-state index in [9.17, 15) is 4.79 Å². The Balaban J connectivity index is 2.18. The van der Waals surface area contributed by atoms with Crippen LogP contribution < -0.4 is 5.32 Å². The zero-order valence-electron chi connectivity index (χ0n) is 16.9. The largest absolute Gasteiger partial charge is 0.345 e. The summed E-state index contributed by atoms with van der Waals surface area (Å²) in [6, 6.07) is 16.6. The van der Waals surface area contributed by atoms with E-state index in [0.717, 1.165) is 22.5 Å². The molecule has 0 saturated heterocycles. The molecule has 0 aliphatic rings. The van der Waals surface area contributed by atoms with Gasteiger partial charge in [-0.05, 0) is 34.6 Å². The second-order valence-corrected chi connectivity index (χ2v) is 8.13. The average Bonchev–Trinajstić information content (AvgIpc) is 2.92. The number of rotatable bonds is 3. The number of aromatic nitrogens is 2. The lowest BCUT2D eigenvalue weighted by Gasteiger charge is -2.20. The van der Waals surface area contributed by atoms with Gasteiger partial charge in [0, 0.05) is 23.7 Å². The molecule has 1 N–H and O–H groups in total. The summed E-state index contributed by atoms with van der Waals surface area (Å²) in [5.41, 5.74) is 5.87. The molecule has 3 aromatic rings. The van der Waals surface area contributed by atoms with Crippen LogP contribution in [0, 0.1) is 13.8 Å². The number of aryl methyl sites for hydroxylation is 2. The minimum Gasteiger partial charge on any atom is -0.345 e. The Morgan fingerprint density at radius 2 is 1.37 bits per heavy atom. The van der Waals surface area contributed by atoms with E-state index < -0.39 is 0 Å². The van der Waals surface area contributed by atoms with Gasteiger partial charge in [-0.25, -0.2) is 4.98 Å². The van der Waals surface area contributed by atoms with Crippen LogP contribution in [-0.4, -0.2) is 21.0 Å². The third kappa shape index (κ3) is 4.11. The highest BCUT2D eigenvalue weighted by atomic mass is 16.2. The first-order valence-corrected chi connectivity index (χ1v) is 9.19. The van der Waals surface area contributed by atoms with Gasteiger partial charge in [0.05, 0.1) is 11.4 Å². The smallest absolute Gasteiger partial charge is 0.287 e. The molecule has 0 aliphatic heterocycles. The van der Waals surface area contributed by atoms with Gasteiger partial charge < -0.3 is 9.88 Å². The van der Waals surface area contributed by atoms with Crippen LogP contribution >= 0.6 is 0 Å². The highest BCUT2D eigenvalue weighted by Crippen LogP contribution is 2.32. The lowest BCUT2D eigenvalue weighted by molar-refractivity contribution is 0.0906. The van der Waals surface area contributed by atoms with E-state index in [1.54, 1.807) is 0 Å². The van der Waals surface area contributed by atoms with Gasteiger partial charge >= 0.3 is 0 Å². The van der Waals surface area contributed by atoms with Crippen molar-refractivity contribution >= 4 is 5.91 Å². The second kappa shape index (κ2) is 7.03. The molecular weight excluding hydrogens is 334 g/mol. The first-order valence-electron chi connectivity index (χ1n) is 9.19. The monoisotopic (exact) mass is 361 g/mol. The van der Waals surface area contributed by atoms with E-state index in [4.69, 9.17) is 4.98 Å². The molecule has 0 saturated carbocycles. The molecule has 3 rings (SSSR count). The number of imidazole rings is 1. The van der Waals surface area contributed by atoms with Crippen molar-refractivity contribution in [2.24, 2.45) is 7.05 Å².